The van der Waals surface area contributed by atoms with Gasteiger partial charge in [0.15, 0.2) is 6.10 Å². The van der Waals surface area contributed by atoms with Gasteiger partial charge in [-0.05, 0) is 5.56 Å². The molecule has 1 aromatic carbocycles. The summed E-state index contributed by atoms with van der Waals surface area (Å²) < 4.78 is 36.3. The zero-order chi connectivity index (χ0) is 12.2. The van der Waals surface area contributed by atoms with Crippen molar-refractivity contribution in [3.63, 3.8) is 0 Å². The Bertz CT molecular complexity index is 369. The first-order valence-electron chi connectivity index (χ1n) is 4.64. The van der Waals surface area contributed by atoms with Gasteiger partial charge < -0.3 is 5.11 Å². The summed E-state index contributed by atoms with van der Waals surface area (Å²) in [5, 5.41) is 17.6. The Labute approximate surface area is 90.9 Å². The molecule has 0 bridgehead atoms. The van der Waals surface area contributed by atoms with Gasteiger partial charge in [-0.1, -0.05) is 30.3 Å². The van der Waals surface area contributed by atoms with Gasteiger partial charge in [0, 0.05) is 6.42 Å². The van der Waals surface area contributed by atoms with Gasteiger partial charge >= 0.3 is 6.18 Å². The van der Waals surface area contributed by atoms with E-state index in [9.17, 15) is 13.2 Å². The summed E-state index contributed by atoms with van der Waals surface area (Å²) in [7, 11) is 0. The molecule has 86 valence electrons. The number of nitriles is 1. The number of alkyl halides is 3. The summed E-state index contributed by atoms with van der Waals surface area (Å²) in [5.41, 5.74) is 0.480. The lowest BCUT2D eigenvalue weighted by Gasteiger charge is -2.17. The third-order valence-corrected chi connectivity index (χ3v) is 2.19. The second-order valence-electron chi connectivity index (χ2n) is 3.39. The third-order valence-electron chi connectivity index (χ3n) is 2.19. The summed E-state index contributed by atoms with van der Waals surface area (Å²) >= 11 is 0. The quantitative estimate of drug-likeness (QED) is 0.865. The Balaban J connectivity index is 2.76. The zero-order valence-corrected chi connectivity index (χ0v) is 8.28. The van der Waals surface area contributed by atoms with E-state index in [0.717, 1.165) is 0 Å². The van der Waals surface area contributed by atoms with E-state index in [4.69, 9.17) is 10.4 Å². The van der Waals surface area contributed by atoms with Gasteiger partial charge in [0.2, 0.25) is 0 Å². The van der Waals surface area contributed by atoms with Crippen LogP contribution in [0.4, 0.5) is 13.2 Å². The molecule has 0 radical (unpaired) electrons. The van der Waals surface area contributed by atoms with Crippen molar-refractivity contribution in [3.05, 3.63) is 35.9 Å². The fraction of sp³-hybridized carbons (Fsp3) is 0.364. The number of nitrogens with zero attached hydrogens (tertiary/aromatic N) is 1. The fourth-order valence-corrected chi connectivity index (χ4v) is 1.31. The molecule has 5 heteroatoms. The first-order valence-corrected chi connectivity index (χ1v) is 4.64. The number of aliphatic hydroxyl groups is 1. The minimum absolute atomic E-state index is 0.480. The smallest absolute Gasteiger partial charge is 0.384 e. The van der Waals surface area contributed by atoms with Gasteiger partial charge in [-0.3, -0.25) is 0 Å². The fourth-order valence-electron chi connectivity index (χ4n) is 1.31. The first kappa shape index (κ1) is 12.5. The molecule has 1 aromatic rings. The van der Waals surface area contributed by atoms with Crippen LogP contribution in [0.3, 0.4) is 0 Å². The van der Waals surface area contributed by atoms with Crippen LogP contribution < -0.4 is 0 Å². The highest BCUT2D eigenvalue weighted by Crippen LogP contribution is 2.28. The van der Waals surface area contributed by atoms with Crippen LogP contribution in [0.15, 0.2) is 30.3 Å². The molecule has 1 rings (SSSR count). The van der Waals surface area contributed by atoms with Crippen LogP contribution in [-0.4, -0.2) is 17.4 Å². The summed E-state index contributed by atoms with van der Waals surface area (Å²) in [6.07, 6.45) is -7.77. The normalized spacial score (nSPS) is 15.2. The van der Waals surface area contributed by atoms with Crippen LogP contribution >= 0.6 is 0 Å². The highest BCUT2D eigenvalue weighted by Gasteiger charge is 2.39. The summed E-state index contributed by atoms with van der Waals surface area (Å²) in [4.78, 5) is 0. The van der Waals surface area contributed by atoms with E-state index >= 15 is 0 Å². The molecule has 0 aromatic heterocycles. The molecule has 1 N–H and O–H groups in total. The Hall–Kier alpha value is -1.54. The van der Waals surface area contributed by atoms with Crippen molar-refractivity contribution in [2.24, 2.45) is 0 Å². The minimum atomic E-state index is -4.68. The predicted molar refractivity (Wildman–Crippen MR) is 51.5 cm³/mol. The Morgan fingerprint density at radius 2 is 1.81 bits per heavy atom. The van der Waals surface area contributed by atoms with E-state index in [0.29, 0.717) is 5.56 Å². The highest BCUT2D eigenvalue weighted by atomic mass is 19.4. The largest absolute Gasteiger partial charge is 0.414 e. The molecule has 0 aliphatic rings. The maximum Gasteiger partial charge on any atom is 0.414 e. The molecule has 0 saturated carbocycles. The lowest BCUT2D eigenvalue weighted by Crippen LogP contribution is -2.30. The van der Waals surface area contributed by atoms with Gasteiger partial charge in [0.25, 0.3) is 0 Å². The maximum atomic E-state index is 12.1. The molecule has 0 saturated heterocycles. The van der Waals surface area contributed by atoms with Gasteiger partial charge in [0.05, 0.1) is 12.0 Å². The van der Waals surface area contributed by atoms with Crippen LogP contribution in [0.5, 0.6) is 0 Å². The highest BCUT2D eigenvalue weighted by molar-refractivity contribution is 5.24. The van der Waals surface area contributed by atoms with Crippen LogP contribution in [0.2, 0.25) is 0 Å². The van der Waals surface area contributed by atoms with E-state index in [1.54, 1.807) is 36.4 Å². The van der Waals surface area contributed by atoms with Crippen molar-refractivity contribution in [3.8, 4) is 6.07 Å². The lowest BCUT2D eigenvalue weighted by atomic mass is 9.94. The number of rotatable bonds is 3. The van der Waals surface area contributed by atoms with Gasteiger partial charge in [0.1, 0.15) is 0 Å². The van der Waals surface area contributed by atoms with Crippen LogP contribution in [0, 0.1) is 11.3 Å². The summed E-state index contributed by atoms with van der Waals surface area (Å²) in [6, 6.07) is 9.88. The number of aliphatic hydroxyl groups excluding tert-OH is 1. The van der Waals surface area contributed by atoms with Crippen LogP contribution in [-0.2, 0) is 0 Å². The molecule has 0 spiro atoms. The van der Waals surface area contributed by atoms with Crippen LogP contribution in [0.25, 0.3) is 0 Å². The molecule has 0 aliphatic heterocycles. The van der Waals surface area contributed by atoms with E-state index in [2.05, 4.69) is 0 Å². The van der Waals surface area contributed by atoms with E-state index in [1.165, 1.54) is 0 Å². The van der Waals surface area contributed by atoms with Crippen molar-refractivity contribution < 1.29 is 18.3 Å². The van der Waals surface area contributed by atoms with Crippen molar-refractivity contribution in [1.82, 2.24) is 0 Å². The molecular weight excluding hydrogens is 219 g/mol. The molecule has 0 amide bonds. The van der Waals surface area contributed by atoms with Crippen molar-refractivity contribution in [2.45, 2.75) is 24.6 Å². The van der Waals surface area contributed by atoms with Gasteiger partial charge in [-0.25, -0.2) is 0 Å². The standard InChI is InChI=1S/C11H10F3NO/c12-11(13,14)10(16)6-9(7-15)8-4-2-1-3-5-8/h1-5,9-10,16H,6H2/t9-,10-/m0/s1. The predicted octanol–water partition coefficient (Wildman–Crippen LogP) is 2.61. The molecule has 0 unspecified atom stereocenters. The Morgan fingerprint density at radius 3 is 2.25 bits per heavy atom. The number of halogens is 3. The summed E-state index contributed by atoms with van der Waals surface area (Å²) in [6.45, 7) is 0. The zero-order valence-electron chi connectivity index (χ0n) is 8.28. The Kier molecular flexibility index (Phi) is 3.91. The first-order chi connectivity index (χ1) is 7.45. The lowest BCUT2D eigenvalue weighted by molar-refractivity contribution is -0.205. The number of hydrogen-bond acceptors (Lipinski definition) is 2. The average Bonchev–Trinajstić information content (AvgIpc) is 2.25. The molecule has 0 fully saturated rings. The topological polar surface area (TPSA) is 44.0 Å². The molecule has 0 heterocycles. The van der Waals surface area contributed by atoms with Gasteiger partial charge in [-0.2, -0.15) is 18.4 Å². The minimum Gasteiger partial charge on any atom is -0.384 e. The maximum absolute atomic E-state index is 12.1. The van der Waals surface area contributed by atoms with E-state index < -0.39 is 24.6 Å². The monoisotopic (exact) mass is 229 g/mol. The van der Waals surface area contributed by atoms with Crippen LogP contribution in [0.1, 0.15) is 17.9 Å². The Morgan fingerprint density at radius 1 is 1.25 bits per heavy atom. The second-order valence-corrected chi connectivity index (χ2v) is 3.39. The number of benzene rings is 1. The summed E-state index contributed by atoms with van der Waals surface area (Å²) in [5.74, 6) is -0.946. The van der Waals surface area contributed by atoms with Gasteiger partial charge in [-0.15, -0.1) is 0 Å². The molecular formula is C11H10F3NO. The molecule has 2 atom stereocenters. The van der Waals surface area contributed by atoms with Crippen molar-refractivity contribution in [2.75, 3.05) is 0 Å². The molecule has 0 aliphatic carbocycles. The van der Waals surface area contributed by atoms with E-state index in [1.807, 2.05) is 0 Å². The van der Waals surface area contributed by atoms with E-state index in [-0.39, 0.29) is 0 Å². The second kappa shape index (κ2) is 4.99. The number of hydrogen-bond donors (Lipinski definition) is 1. The molecule has 16 heavy (non-hydrogen) atoms. The van der Waals surface area contributed by atoms with Crippen molar-refractivity contribution in [1.29, 1.82) is 5.26 Å². The third kappa shape index (κ3) is 3.24. The molecule has 2 nitrogen and oxygen atoms in total. The SMILES string of the molecule is N#C[C@H](C[C@H](O)C(F)(F)F)c1ccccc1. The van der Waals surface area contributed by atoms with Crippen molar-refractivity contribution >= 4 is 0 Å². The average molecular weight is 229 g/mol.